The van der Waals surface area contributed by atoms with Crippen molar-refractivity contribution in [1.29, 1.82) is 0 Å². The van der Waals surface area contributed by atoms with Gasteiger partial charge in [0.1, 0.15) is 23.8 Å². The number of ketones is 1. The number of ether oxygens (including phenoxy) is 3. The van der Waals surface area contributed by atoms with Crippen LogP contribution in [0.1, 0.15) is 38.8 Å². The molecule has 206 valence electrons. The SMILES string of the molecule is CCc1ccc(COc2ccc(NC(=O)N(CC)/C(=C\C(C)=O)C(F)(F)F)cc2)c(OC(C)C(=O)OC)c1. The summed E-state index contributed by atoms with van der Waals surface area (Å²) in [6.07, 6.45) is -4.55. The van der Waals surface area contributed by atoms with Gasteiger partial charge in [0.05, 0.1) is 7.11 Å². The van der Waals surface area contributed by atoms with Gasteiger partial charge in [-0.05, 0) is 63.1 Å². The molecule has 8 nitrogen and oxygen atoms in total. The fourth-order valence-electron chi connectivity index (χ4n) is 3.37. The van der Waals surface area contributed by atoms with Crippen molar-refractivity contribution in [3.63, 3.8) is 0 Å². The molecule has 11 heteroatoms. The summed E-state index contributed by atoms with van der Waals surface area (Å²) in [6.45, 7) is 5.71. The Balaban J connectivity index is 2.12. The van der Waals surface area contributed by atoms with E-state index in [9.17, 15) is 27.6 Å². The smallest absolute Gasteiger partial charge is 0.431 e. The molecule has 0 aromatic heterocycles. The Labute approximate surface area is 219 Å². The van der Waals surface area contributed by atoms with Gasteiger partial charge in [0.2, 0.25) is 0 Å². The van der Waals surface area contributed by atoms with Crippen molar-refractivity contribution >= 4 is 23.5 Å². The molecule has 1 N–H and O–H groups in total. The highest BCUT2D eigenvalue weighted by Crippen LogP contribution is 2.30. The molecular formula is C27H31F3N2O6. The molecule has 2 amide bonds. The molecule has 0 fully saturated rings. The van der Waals surface area contributed by atoms with Gasteiger partial charge in [-0.15, -0.1) is 0 Å². The van der Waals surface area contributed by atoms with Gasteiger partial charge in [-0.2, -0.15) is 13.2 Å². The van der Waals surface area contributed by atoms with E-state index in [0.717, 1.165) is 18.9 Å². The third-order valence-electron chi connectivity index (χ3n) is 5.36. The molecule has 0 saturated carbocycles. The quantitative estimate of drug-likeness (QED) is 0.294. The van der Waals surface area contributed by atoms with Crippen LogP contribution in [0.2, 0.25) is 0 Å². The zero-order chi connectivity index (χ0) is 28.5. The van der Waals surface area contributed by atoms with Gasteiger partial charge in [-0.3, -0.25) is 9.69 Å². The van der Waals surface area contributed by atoms with Gasteiger partial charge in [0.25, 0.3) is 0 Å². The number of amides is 2. The van der Waals surface area contributed by atoms with E-state index in [-0.39, 0.29) is 18.8 Å². The number of alkyl halides is 3. The molecule has 2 aromatic rings. The number of carbonyl (C=O) groups excluding carboxylic acids is 3. The number of nitrogens with zero attached hydrogens (tertiary/aromatic N) is 1. The number of nitrogens with one attached hydrogen (secondary N) is 1. The van der Waals surface area contributed by atoms with Gasteiger partial charge in [0, 0.05) is 23.9 Å². The second kappa shape index (κ2) is 13.5. The minimum Gasteiger partial charge on any atom is -0.489 e. The molecule has 0 bridgehead atoms. The van der Waals surface area contributed by atoms with Gasteiger partial charge in [-0.1, -0.05) is 19.1 Å². The van der Waals surface area contributed by atoms with Crippen LogP contribution in [-0.4, -0.2) is 48.6 Å². The van der Waals surface area contributed by atoms with Crippen LogP contribution in [0.3, 0.4) is 0 Å². The Hall–Kier alpha value is -4.02. The molecule has 0 saturated heterocycles. The number of aryl methyl sites for hydroxylation is 1. The van der Waals surface area contributed by atoms with Crippen molar-refractivity contribution in [3.8, 4) is 11.5 Å². The fourth-order valence-corrected chi connectivity index (χ4v) is 3.37. The van der Waals surface area contributed by atoms with Crippen LogP contribution < -0.4 is 14.8 Å². The summed E-state index contributed by atoms with van der Waals surface area (Å²) in [7, 11) is 1.28. The normalized spacial score (nSPS) is 12.4. The van der Waals surface area contributed by atoms with Crippen LogP contribution in [0.4, 0.5) is 23.7 Å². The lowest BCUT2D eigenvalue weighted by atomic mass is 10.1. The summed E-state index contributed by atoms with van der Waals surface area (Å²) in [4.78, 5) is 36.0. The average Bonchev–Trinajstić information content (AvgIpc) is 2.87. The molecule has 0 spiro atoms. The van der Waals surface area contributed by atoms with Crippen LogP contribution in [0.5, 0.6) is 11.5 Å². The minimum absolute atomic E-state index is 0.104. The first kappa shape index (κ1) is 30.2. The number of rotatable bonds is 11. The summed E-state index contributed by atoms with van der Waals surface area (Å²) < 4.78 is 56.5. The number of methoxy groups -OCH3 is 1. The van der Waals surface area contributed by atoms with Crippen molar-refractivity contribution in [1.82, 2.24) is 4.90 Å². The third kappa shape index (κ3) is 8.53. The molecule has 0 heterocycles. The maximum absolute atomic E-state index is 13.4. The Morgan fingerprint density at radius 2 is 1.74 bits per heavy atom. The molecule has 0 radical (unpaired) electrons. The molecule has 1 atom stereocenters. The number of esters is 1. The number of benzene rings is 2. The molecule has 2 aromatic carbocycles. The van der Waals surface area contributed by atoms with Crippen molar-refractivity contribution < 1.29 is 41.8 Å². The second-order valence-electron chi connectivity index (χ2n) is 8.20. The Bertz CT molecular complexity index is 1160. The Kier molecular flexibility index (Phi) is 10.7. The van der Waals surface area contributed by atoms with Crippen LogP contribution in [0, 0.1) is 0 Å². The van der Waals surface area contributed by atoms with E-state index in [2.05, 4.69) is 5.32 Å². The molecule has 0 aliphatic carbocycles. The highest BCUT2D eigenvalue weighted by Gasteiger charge is 2.40. The van der Waals surface area contributed by atoms with Crippen molar-refractivity contribution in [2.24, 2.45) is 0 Å². The first-order chi connectivity index (χ1) is 17.9. The molecule has 1 unspecified atom stereocenters. The zero-order valence-corrected chi connectivity index (χ0v) is 21.8. The van der Waals surface area contributed by atoms with E-state index in [0.29, 0.717) is 28.0 Å². The number of halogens is 3. The van der Waals surface area contributed by atoms with Gasteiger partial charge < -0.3 is 19.5 Å². The number of anilines is 1. The monoisotopic (exact) mass is 536 g/mol. The largest absolute Gasteiger partial charge is 0.489 e. The maximum Gasteiger partial charge on any atom is 0.431 e. The highest BCUT2D eigenvalue weighted by atomic mass is 19.4. The van der Waals surface area contributed by atoms with E-state index in [1.165, 1.54) is 26.2 Å². The topological polar surface area (TPSA) is 94.2 Å². The number of hydrogen-bond donors (Lipinski definition) is 1. The predicted octanol–water partition coefficient (Wildman–Crippen LogP) is 5.66. The van der Waals surface area contributed by atoms with Crippen LogP contribution in [0.25, 0.3) is 0 Å². The van der Waals surface area contributed by atoms with E-state index < -0.39 is 35.8 Å². The van der Waals surface area contributed by atoms with E-state index in [4.69, 9.17) is 14.2 Å². The van der Waals surface area contributed by atoms with E-state index >= 15 is 0 Å². The first-order valence-electron chi connectivity index (χ1n) is 11.9. The van der Waals surface area contributed by atoms with Gasteiger partial charge in [0.15, 0.2) is 11.9 Å². The lowest BCUT2D eigenvalue weighted by Gasteiger charge is -2.25. The van der Waals surface area contributed by atoms with Crippen LogP contribution in [-0.2, 0) is 27.4 Å². The molecule has 38 heavy (non-hydrogen) atoms. The fraction of sp³-hybridized carbons (Fsp3) is 0.370. The van der Waals surface area contributed by atoms with E-state index in [1.54, 1.807) is 19.1 Å². The lowest BCUT2D eigenvalue weighted by Crippen LogP contribution is -2.39. The summed E-state index contributed by atoms with van der Waals surface area (Å²) in [5, 5.41) is 2.39. The van der Waals surface area contributed by atoms with Gasteiger partial charge >= 0.3 is 18.2 Å². The third-order valence-corrected chi connectivity index (χ3v) is 5.36. The number of urea groups is 1. The van der Waals surface area contributed by atoms with Gasteiger partial charge in [-0.25, -0.2) is 9.59 Å². The van der Waals surface area contributed by atoms with E-state index in [1.807, 2.05) is 25.1 Å². The number of hydrogen-bond acceptors (Lipinski definition) is 6. The van der Waals surface area contributed by atoms with Crippen molar-refractivity contribution in [2.75, 3.05) is 19.0 Å². The highest BCUT2D eigenvalue weighted by molar-refractivity contribution is 5.93. The van der Waals surface area contributed by atoms with Crippen molar-refractivity contribution in [2.45, 2.75) is 53.0 Å². The molecule has 2 rings (SSSR count). The summed E-state index contributed by atoms with van der Waals surface area (Å²) in [5.74, 6) is -0.445. The Morgan fingerprint density at radius 3 is 2.26 bits per heavy atom. The predicted molar refractivity (Wildman–Crippen MR) is 135 cm³/mol. The maximum atomic E-state index is 13.4. The zero-order valence-electron chi connectivity index (χ0n) is 21.8. The van der Waals surface area contributed by atoms with Crippen molar-refractivity contribution in [3.05, 3.63) is 65.4 Å². The first-order valence-corrected chi connectivity index (χ1v) is 11.9. The van der Waals surface area contributed by atoms with Crippen LogP contribution >= 0.6 is 0 Å². The number of allylic oxidation sites excluding steroid dienone is 2. The summed E-state index contributed by atoms with van der Waals surface area (Å²) in [5.41, 5.74) is 0.576. The minimum atomic E-state index is -4.89. The summed E-state index contributed by atoms with van der Waals surface area (Å²) in [6, 6.07) is 10.6. The second-order valence-corrected chi connectivity index (χ2v) is 8.20. The molecule has 0 aliphatic heterocycles. The lowest BCUT2D eigenvalue weighted by molar-refractivity contribution is -0.148. The van der Waals surface area contributed by atoms with Crippen LogP contribution in [0.15, 0.2) is 54.2 Å². The molecule has 0 aliphatic rings. The Morgan fingerprint density at radius 1 is 1.08 bits per heavy atom. The average molecular weight is 537 g/mol. The molecular weight excluding hydrogens is 505 g/mol. The number of carbonyl (C=O) groups is 3. The summed E-state index contributed by atoms with van der Waals surface area (Å²) >= 11 is 0. The standard InChI is InChI=1S/C27H31F3N2O6/c1-6-19-8-9-20(23(15-19)38-18(4)25(34)36-5)16-37-22-12-10-21(11-13-22)31-26(35)32(7-2)24(14-17(3)33)27(28,29)30/h8-15,18H,6-7,16H2,1-5H3,(H,31,35)/b24-14-.